The van der Waals surface area contributed by atoms with Crippen molar-refractivity contribution in [1.82, 2.24) is 15.3 Å². The highest BCUT2D eigenvalue weighted by atomic mass is 16.5. The number of hydrogen-bond acceptors (Lipinski definition) is 4. The fraction of sp³-hybridized carbons (Fsp3) is 0.750. The fourth-order valence-electron chi connectivity index (χ4n) is 2.51. The molecular weight excluding hydrogens is 250 g/mol. The normalized spacial score (nSPS) is 17.4. The van der Waals surface area contributed by atoms with Crippen LogP contribution in [-0.4, -0.2) is 28.7 Å². The summed E-state index contributed by atoms with van der Waals surface area (Å²) in [7, 11) is 0. The van der Waals surface area contributed by atoms with Crippen molar-refractivity contribution < 1.29 is 4.74 Å². The average Bonchev–Trinajstić information content (AvgIpc) is 2.37. The maximum Gasteiger partial charge on any atom is 0.132 e. The van der Waals surface area contributed by atoms with Crippen LogP contribution in [0.5, 0.6) is 0 Å². The van der Waals surface area contributed by atoms with E-state index in [0.717, 1.165) is 49.8 Å². The molecule has 4 heteroatoms. The summed E-state index contributed by atoms with van der Waals surface area (Å²) >= 11 is 0. The molecular formula is C16H27N3O. The van der Waals surface area contributed by atoms with Crippen molar-refractivity contribution in [2.45, 2.75) is 65.5 Å². The van der Waals surface area contributed by atoms with Crippen LogP contribution >= 0.6 is 0 Å². The zero-order chi connectivity index (χ0) is 14.8. The Bertz CT molecular complexity index is 436. The Morgan fingerprint density at radius 2 is 1.65 bits per heavy atom. The van der Waals surface area contributed by atoms with Crippen LogP contribution in [0, 0.1) is 13.8 Å². The maximum absolute atomic E-state index is 5.42. The third-order valence-electron chi connectivity index (χ3n) is 3.82. The number of ether oxygens (including phenoxy) is 1. The third kappa shape index (κ3) is 4.00. The van der Waals surface area contributed by atoms with Crippen molar-refractivity contribution in [2.75, 3.05) is 13.2 Å². The van der Waals surface area contributed by atoms with Gasteiger partial charge in [0.2, 0.25) is 0 Å². The Balaban J connectivity index is 2.15. The van der Waals surface area contributed by atoms with Gasteiger partial charge in [0, 0.05) is 48.2 Å². The number of aromatic nitrogens is 2. The zero-order valence-electron chi connectivity index (χ0n) is 13.4. The molecule has 1 aliphatic heterocycles. The zero-order valence-corrected chi connectivity index (χ0v) is 13.4. The van der Waals surface area contributed by atoms with Crippen molar-refractivity contribution in [3.8, 4) is 0 Å². The molecule has 4 nitrogen and oxygen atoms in total. The topological polar surface area (TPSA) is 47.0 Å². The SMILES string of the molecule is Cc1nc(C2CCOCC2)nc(C)c1CNC(C)(C)C. The average molecular weight is 277 g/mol. The Labute approximate surface area is 122 Å². The summed E-state index contributed by atoms with van der Waals surface area (Å²) in [6.07, 6.45) is 2.08. The minimum absolute atomic E-state index is 0.109. The number of nitrogens with zero attached hydrogens (tertiary/aromatic N) is 2. The van der Waals surface area contributed by atoms with Gasteiger partial charge in [0.1, 0.15) is 5.82 Å². The minimum atomic E-state index is 0.109. The van der Waals surface area contributed by atoms with Crippen LogP contribution in [0.2, 0.25) is 0 Å². The molecule has 0 bridgehead atoms. The Morgan fingerprint density at radius 1 is 1.10 bits per heavy atom. The lowest BCUT2D eigenvalue weighted by atomic mass is 9.98. The predicted octanol–water partition coefficient (Wildman–Crippen LogP) is 2.88. The smallest absolute Gasteiger partial charge is 0.132 e. The van der Waals surface area contributed by atoms with Gasteiger partial charge in [-0.15, -0.1) is 0 Å². The van der Waals surface area contributed by atoms with Crippen molar-refractivity contribution in [3.05, 3.63) is 22.8 Å². The summed E-state index contributed by atoms with van der Waals surface area (Å²) in [5.41, 5.74) is 3.56. The standard InChI is InChI=1S/C16H27N3O/c1-11-14(10-17-16(3,4)5)12(2)19-15(18-11)13-6-8-20-9-7-13/h13,17H,6-10H2,1-5H3. The summed E-state index contributed by atoms with van der Waals surface area (Å²) in [6, 6.07) is 0. The number of aryl methyl sites for hydroxylation is 2. The van der Waals surface area contributed by atoms with Gasteiger partial charge in [0.15, 0.2) is 0 Å². The summed E-state index contributed by atoms with van der Waals surface area (Å²) in [5.74, 6) is 1.47. The van der Waals surface area contributed by atoms with Gasteiger partial charge in [-0.3, -0.25) is 0 Å². The molecule has 0 spiro atoms. The van der Waals surface area contributed by atoms with Gasteiger partial charge in [-0.2, -0.15) is 0 Å². The third-order valence-corrected chi connectivity index (χ3v) is 3.82. The minimum Gasteiger partial charge on any atom is -0.381 e. The molecule has 2 heterocycles. The maximum atomic E-state index is 5.42. The van der Waals surface area contributed by atoms with E-state index in [1.165, 1.54) is 5.56 Å². The van der Waals surface area contributed by atoms with Crippen molar-refractivity contribution in [2.24, 2.45) is 0 Å². The quantitative estimate of drug-likeness (QED) is 0.923. The first kappa shape index (κ1) is 15.4. The van der Waals surface area contributed by atoms with E-state index in [2.05, 4.69) is 39.9 Å². The summed E-state index contributed by atoms with van der Waals surface area (Å²) in [5, 5.41) is 3.52. The lowest BCUT2D eigenvalue weighted by Gasteiger charge is -2.24. The van der Waals surface area contributed by atoms with Gasteiger partial charge in [-0.05, 0) is 47.5 Å². The first-order valence-corrected chi connectivity index (χ1v) is 7.53. The van der Waals surface area contributed by atoms with Crippen molar-refractivity contribution >= 4 is 0 Å². The molecule has 1 fully saturated rings. The molecule has 0 saturated carbocycles. The molecule has 0 unspecified atom stereocenters. The lowest BCUT2D eigenvalue weighted by molar-refractivity contribution is 0.0835. The van der Waals surface area contributed by atoms with Crippen LogP contribution in [0.3, 0.4) is 0 Å². The van der Waals surface area contributed by atoms with Crippen LogP contribution in [0.1, 0.15) is 62.3 Å². The van der Waals surface area contributed by atoms with E-state index in [1.807, 2.05) is 0 Å². The van der Waals surface area contributed by atoms with E-state index in [9.17, 15) is 0 Å². The van der Waals surface area contributed by atoms with Gasteiger partial charge in [0.05, 0.1) is 0 Å². The first-order valence-electron chi connectivity index (χ1n) is 7.53. The lowest BCUT2D eigenvalue weighted by Crippen LogP contribution is -2.35. The van der Waals surface area contributed by atoms with Crippen LogP contribution in [-0.2, 0) is 11.3 Å². The van der Waals surface area contributed by atoms with E-state index in [-0.39, 0.29) is 5.54 Å². The van der Waals surface area contributed by atoms with Crippen LogP contribution in [0.4, 0.5) is 0 Å². The van der Waals surface area contributed by atoms with E-state index >= 15 is 0 Å². The summed E-state index contributed by atoms with van der Waals surface area (Å²) < 4.78 is 5.42. The second-order valence-electron chi connectivity index (χ2n) is 6.72. The molecule has 1 aromatic rings. The molecule has 20 heavy (non-hydrogen) atoms. The Morgan fingerprint density at radius 3 is 2.15 bits per heavy atom. The fourth-order valence-corrected chi connectivity index (χ4v) is 2.51. The van der Waals surface area contributed by atoms with Crippen LogP contribution < -0.4 is 5.32 Å². The van der Waals surface area contributed by atoms with Gasteiger partial charge < -0.3 is 10.1 Å². The second-order valence-corrected chi connectivity index (χ2v) is 6.72. The molecule has 0 radical (unpaired) electrons. The van der Waals surface area contributed by atoms with Crippen LogP contribution in [0.15, 0.2) is 0 Å². The highest BCUT2D eigenvalue weighted by Crippen LogP contribution is 2.25. The number of rotatable bonds is 3. The van der Waals surface area contributed by atoms with E-state index < -0.39 is 0 Å². The number of nitrogens with one attached hydrogen (secondary N) is 1. The predicted molar refractivity (Wildman–Crippen MR) is 80.9 cm³/mol. The molecule has 1 saturated heterocycles. The van der Waals surface area contributed by atoms with Gasteiger partial charge >= 0.3 is 0 Å². The Kier molecular flexibility index (Phi) is 4.76. The molecule has 1 aliphatic rings. The number of hydrogen-bond donors (Lipinski definition) is 1. The van der Waals surface area contributed by atoms with Gasteiger partial charge in [-0.1, -0.05) is 0 Å². The molecule has 1 aromatic heterocycles. The molecule has 0 aliphatic carbocycles. The molecule has 0 aromatic carbocycles. The van der Waals surface area contributed by atoms with Crippen molar-refractivity contribution in [3.63, 3.8) is 0 Å². The second kappa shape index (κ2) is 6.19. The van der Waals surface area contributed by atoms with Crippen molar-refractivity contribution in [1.29, 1.82) is 0 Å². The first-order chi connectivity index (χ1) is 9.37. The van der Waals surface area contributed by atoms with Gasteiger partial charge in [-0.25, -0.2) is 9.97 Å². The molecule has 2 rings (SSSR count). The molecule has 1 N–H and O–H groups in total. The van der Waals surface area contributed by atoms with E-state index in [0.29, 0.717) is 5.92 Å². The monoisotopic (exact) mass is 277 g/mol. The van der Waals surface area contributed by atoms with Crippen LogP contribution in [0.25, 0.3) is 0 Å². The summed E-state index contributed by atoms with van der Waals surface area (Å²) in [4.78, 5) is 9.50. The molecule has 0 atom stereocenters. The highest BCUT2D eigenvalue weighted by Gasteiger charge is 2.21. The Hall–Kier alpha value is -1.00. The largest absolute Gasteiger partial charge is 0.381 e. The van der Waals surface area contributed by atoms with E-state index in [1.54, 1.807) is 0 Å². The highest BCUT2D eigenvalue weighted by molar-refractivity contribution is 5.25. The molecule has 0 amide bonds. The van der Waals surface area contributed by atoms with Gasteiger partial charge in [0.25, 0.3) is 0 Å². The van der Waals surface area contributed by atoms with E-state index in [4.69, 9.17) is 14.7 Å². The molecule has 112 valence electrons. The summed E-state index contributed by atoms with van der Waals surface area (Å²) in [6.45, 7) is 13.2.